The van der Waals surface area contributed by atoms with E-state index in [-0.39, 0.29) is 29.8 Å². The molecule has 0 saturated carbocycles. The van der Waals surface area contributed by atoms with E-state index in [4.69, 9.17) is 4.74 Å². The van der Waals surface area contributed by atoms with Crippen LogP contribution in [0.15, 0.2) is 27.7 Å². The molecule has 0 bridgehead atoms. The van der Waals surface area contributed by atoms with E-state index in [1.54, 1.807) is 26.3 Å². The van der Waals surface area contributed by atoms with E-state index >= 15 is 0 Å². The van der Waals surface area contributed by atoms with Gasteiger partial charge in [0.05, 0.1) is 11.1 Å². The highest BCUT2D eigenvalue weighted by atomic mass is 127. The normalized spacial score (nSPS) is 16.0. The predicted octanol–water partition coefficient (Wildman–Crippen LogP) is 2.55. The standard InChI is InChI=1S/C16H24BrFN4O.HI/c1-19-16(20-5-10-23-2)22-8-6-21(7-9-22)12-13-3-4-14(17)15(18)11-13;/h3-4,11H,5-10,12H2,1-2H3,(H,19,20);1H. The number of aliphatic imine (C=N–C) groups is 1. The molecule has 8 heteroatoms. The number of hydrogen-bond donors (Lipinski definition) is 1. The van der Waals surface area contributed by atoms with Gasteiger partial charge in [-0.15, -0.1) is 24.0 Å². The van der Waals surface area contributed by atoms with E-state index in [0.29, 0.717) is 11.1 Å². The van der Waals surface area contributed by atoms with E-state index in [0.717, 1.165) is 50.8 Å². The Morgan fingerprint density at radius 2 is 2.04 bits per heavy atom. The molecule has 1 aliphatic rings. The van der Waals surface area contributed by atoms with E-state index in [9.17, 15) is 4.39 Å². The molecule has 2 rings (SSSR count). The monoisotopic (exact) mass is 514 g/mol. The van der Waals surface area contributed by atoms with Crippen LogP contribution in [0.5, 0.6) is 0 Å². The summed E-state index contributed by atoms with van der Waals surface area (Å²) in [4.78, 5) is 8.90. The summed E-state index contributed by atoms with van der Waals surface area (Å²) in [5, 5.41) is 3.30. The number of ether oxygens (including phenoxy) is 1. The summed E-state index contributed by atoms with van der Waals surface area (Å²) in [5.41, 5.74) is 1.00. The molecule has 24 heavy (non-hydrogen) atoms. The smallest absolute Gasteiger partial charge is 0.193 e. The molecular formula is C16H25BrFIN4O. The Morgan fingerprint density at radius 3 is 2.62 bits per heavy atom. The zero-order valence-electron chi connectivity index (χ0n) is 14.1. The second-order valence-corrected chi connectivity index (χ2v) is 6.33. The van der Waals surface area contributed by atoms with Crippen LogP contribution in [0.2, 0.25) is 0 Å². The zero-order valence-corrected chi connectivity index (χ0v) is 18.0. The van der Waals surface area contributed by atoms with E-state index in [1.807, 2.05) is 6.07 Å². The Kier molecular flexibility index (Phi) is 10.1. The first-order valence-electron chi connectivity index (χ1n) is 7.75. The Bertz CT molecular complexity index is 539. The third kappa shape index (κ3) is 6.45. The lowest BCUT2D eigenvalue weighted by molar-refractivity contribution is 0.170. The van der Waals surface area contributed by atoms with Crippen LogP contribution in [0.4, 0.5) is 4.39 Å². The molecular weight excluding hydrogens is 490 g/mol. The van der Waals surface area contributed by atoms with Crippen molar-refractivity contribution in [3.63, 3.8) is 0 Å². The second-order valence-electron chi connectivity index (χ2n) is 5.48. The van der Waals surface area contributed by atoms with E-state index in [1.165, 1.54) is 0 Å². The van der Waals surface area contributed by atoms with Crippen molar-refractivity contribution in [1.82, 2.24) is 15.1 Å². The molecule has 0 aromatic heterocycles. The maximum Gasteiger partial charge on any atom is 0.193 e. The molecule has 0 unspecified atom stereocenters. The van der Waals surface area contributed by atoms with Crippen molar-refractivity contribution >= 4 is 45.9 Å². The zero-order chi connectivity index (χ0) is 16.7. The van der Waals surface area contributed by atoms with Gasteiger partial charge >= 0.3 is 0 Å². The molecule has 0 spiro atoms. The fourth-order valence-electron chi connectivity index (χ4n) is 2.61. The molecule has 1 fully saturated rings. The lowest BCUT2D eigenvalue weighted by Gasteiger charge is -2.36. The van der Waals surface area contributed by atoms with Gasteiger partial charge in [-0.2, -0.15) is 0 Å². The van der Waals surface area contributed by atoms with Crippen LogP contribution in [0.1, 0.15) is 5.56 Å². The van der Waals surface area contributed by atoms with Gasteiger partial charge in [-0.3, -0.25) is 9.89 Å². The van der Waals surface area contributed by atoms with E-state index < -0.39 is 0 Å². The number of methoxy groups -OCH3 is 1. The van der Waals surface area contributed by atoms with Gasteiger partial charge in [0.15, 0.2) is 5.96 Å². The van der Waals surface area contributed by atoms with Crippen molar-refractivity contribution in [1.29, 1.82) is 0 Å². The fraction of sp³-hybridized carbons (Fsp3) is 0.562. The molecule has 1 saturated heterocycles. The minimum atomic E-state index is -0.205. The molecule has 0 aliphatic carbocycles. The van der Waals surface area contributed by atoms with Crippen LogP contribution < -0.4 is 5.32 Å². The molecule has 136 valence electrons. The minimum absolute atomic E-state index is 0. The molecule has 0 amide bonds. The summed E-state index contributed by atoms with van der Waals surface area (Å²) in [6.07, 6.45) is 0. The van der Waals surface area contributed by atoms with Gasteiger partial charge in [0.1, 0.15) is 5.82 Å². The maximum atomic E-state index is 13.6. The number of guanidine groups is 1. The van der Waals surface area contributed by atoms with Crippen molar-refractivity contribution < 1.29 is 9.13 Å². The van der Waals surface area contributed by atoms with Crippen LogP contribution >= 0.6 is 39.9 Å². The highest BCUT2D eigenvalue weighted by Crippen LogP contribution is 2.18. The summed E-state index contributed by atoms with van der Waals surface area (Å²) < 4.78 is 19.1. The number of rotatable bonds is 5. The number of benzene rings is 1. The number of hydrogen-bond acceptors (Lipinski definition) is 3. The Hall–Kier alpha value is -0.450. The summed E-state index contributed by atoms with van der Waals surface area (Å²) in [6.45, 7) is 5.87. The van der Waals surface area contributed by atoms with Gasteiger partial charge in [-0.1, -0.05) is 6.07 Å². The average molecular weight is 515 g/mol. The van der Waals surface area contributed by atoms with Crippen molar-refractivity contribution in [3.8, 4) is 0 Å². The van der Waals surface area contributed by atoms with Crippen LogP contribution in [-0.2, 0) is 11.3 Å². The minimum Gasteiger partial charge on any atom is -0.383 e. The molecule has 1 heterocycles. The topological polar surface area (TPSA) is 40.1 Å². The van der Waals surface area contributed by atoms with Crippen molar-refractivity contribution in [3.05, 3.63) is 34.1 Å². The van der Waals surface area contributed by atoms with Crippen LogP contribution in [0.3, 0.4) is 0 Å². The lowest BCUT2D eigenvalue weighted by atomic mass is 10.2. The highest BCUT2D eigenvalue weighted by Gasteiger charge is 2.19. The third-order valence-electron chi connectivity index (χ3n) is 3.86. The van der Waals surface area contributed by atoms with Gasteiger partial charge in [0.25, 0.3) is 0 Å². The number of nitrogens with zero attached hydrogens (tertiary/aromatic N) is 3. The number of piperazine rings is 1. The van der Waals surface area contributed by atoms with Crippen LogP contribution in [0.25, 0.3) is 0 Å². The molecule has 1 N–H and O–H groups in total. The van der Waals surface area contributed by atoms with Crippen LogP contribution in [-0.4, -0.2) is 69.2 Å². The van der Waals surface area contributed by atoms with Gasteiger partial charge in [0.2, 0.25) is 0 Å². The summed E-state index contributed by atoms with van der Waals surface area (Å²) in [5.74, 6) is 0.709. The van der Waals surface area contributed by atoms with Crippen molar-refractivity contribution in [2.75, 3.05) is 53.5 Å². The third-order valence-corrected chi connectivity index (χ3v) is 4.51. The first kappa shape index (κ1) is 21.6. The summed E-state index contributed by atoms with van der Waals surface area (Å²) in [7, 11) is 3.49. The summed E-state index contributed by atoms with van der Waals surface area (Å²) >= 11 is 3.19. The summed E-state index contributed by atoms with van der Waals surface area (Å²) in [6, 6.07) is 5.33. The first-order chi connectivity index (χ1) is 11.1. The Morgan fingerprint density at radius 1 is 1.33 bits per heavy atom. The van der Waals surface area contributed by atoms with Crippen molar-refractivity contribution in [2.45, 2.75) is 6.54 Å². The number of nitrogens with one attached hydrogen (secondary N) is 1. The maximum absolute atomic E-state index is 13.6. The average Bonchev–Trinajstić information content (AvgIpc) is 2.56. The quantitative estimate of drug-likeness (QED) is 0.284. The lowest BCUT2D eigenvalue weighted by Crippen LogP contribution is -2.52. The van der Waals surface area contributed by atoms with Gasteiger partial charge in [-0.05, 0) is 33.6 Å². The molecule has 1 aliphatic heterocycles. The Labute approximate surface area is 168 Å². The van der Waals surface area contributed by atoms with E-state index in [2.05, 4.69) is 36.0 Å². The van der Waals surface area contributed by atoms with Gasteiger partial charge in [-0.25, -0.2) is 4.39 Å². The SMILES string of the molecule is CN=C(NCCOC)N1CCN(Cc2ccc(Br)c(F)c2)CC1.I. The molecule has 5 nitrogen and oxygen atoms in total. The number of halogens is 3. The highest BCUT2D eigenvalue weighted by molar-refractivity contribution is 14.0. The van der Waals surface area contributed by atoms with Crippen molar-refractivity contribution in [2.24, 2.45) is 4.99 Å². The molecule has 0 atom stereocenters. The van der Waals surface area contributed by atoms with Gasteiger partial charge < -0.3 is 15.0 Å². The largest absolute Gasteiger partial charge is 0.383 e. The van der Waals surface area contributed by atoms with Crippen LogP contribution in [0, 0.1) is 5.82 Å². The molecule has 1 aromatic carbocycles. The molecule has 0 radical (unpaired) electrons. The predicted molar refractivity (Wildman–Crippen MR) is 110 cm³/mol. The fourth-order valence-corrected chi connectivity index (χ4v) is 2.86. The Balaban J connectivity index is 0.00000288. The first-order valence-corrected chi connectivity index (χ1v) is 8.54. The molecule has 1 aromatic rings. The van der Waals surface area contributed by atoms with Gasteiger partial charge in [0, 0.05) is 53.4 Å². The second kappa shape index (κ2) is 11.2.